The third-order valence-corrected chi connectivity index (χ3v) is 4.32. The molecule has 1 aliphatic carbocycles. The zero-order valence-corrected chi connectivity index (χ0v) is 11.8. The predicted octanol–water partition coefficient (Wildman–Crippen LogP) is 2.40. The Morgan fingerprint density at radius 2 is 1.76 bits per heavy atom. The van der Waals surface area contributed by atoms with E-state index in [1.54, 1.807) is 0 Å². The van der Waals surface area contributed by atoms with Gasteiger partial charge in [-0.2, -0.15) is 0 Å². The molecule has 1 aliphatic rings. The van der Waals surface area contributed by atoms with Crippen LogP contribution in [0.4, 0.5) is 0 Å². The molecule has 1 saturated carbocycles. The predicted molar refractivity (Wildman–Crippen MR) is 71.6 cm³/mol. The maximum absolute atomic E-state index is 12.1. The molecule has 0 saturated heterocycles. The number of amides is 1. The SMILES string of the molecule is CC(C)C(C)N(C)C(=O)CC1CCC(N)CC1. The van der Waals surface area contributed by atoms with Crippen LogP contribution in [0.2, 0.25) is 0 Å². The molecule has 1 unspecified atom stereocenters. The average Bonchev–Trinajstić information content (AvgIpc) is 2.30. The van der Waals surface area contributed by atoms with Gasteiger partial charge in [0, 0.05) is 25.6 Å². The standard InChI is InChI=1S/C14H28N2O/c1-10(2)11(3)16(4)14(17)9-12-5-7-13(15)8-6-12/h10-13H,5-9,15H2,1-4H3. The molecule has 0 radical (unpaired) electrons. The van der Waals surface area contributed by atoms with Crippen molar-refractivity contribution in [2.75, 3.05) is 7.05 Å². The van der Waals surface area contributed by atoms with E-state index in [2.05, 4.69) is 20.8 Å². The summed E-state index contributed by atoms with van der Waals surface area (Å²) in [5.41, 5.74) is 5.88. The van der Waals surface area contributed by atoms with Crippen LogP contribution in [0, 0.1) is 11.8 Å². The summed E-state index contributed by atoms with van der Waals surface area (Å²) in [5, 5.41) is 0. The fourth-order valence-electron chi connectivity index (χ4n) is 2.46. The van der Waals surface area contributed by atoms with Crippen molar-refractivity contribution >= 4 is 5.91 Å². The molecule has 0 spiro atoms. The van der Waals surface area contributed by atoms with Crippen molar-refractivity contribution in [3.05, 3.63) is 0 Å². The van der Waals surface area contributed by atoms with E-state index >= 15 is 0 Å². The fourth-order valence-corrected chi connectivity index (χ4v) is 2.46. The van der Waals surface area contributed by atoms with Gasteiger partial charge in [0.15, 0.2) is 0 Å². The Bertz CT molecular complexity index is 245. The highest BCUT2D eigenvalue weighted by Crippen LogP contribution is 2.26. The summed E-state index contributed by atoms with van der Waals surface area (Å²) >= 11 is 0. The number of carbonyl (C=O) groups is 1. The molecule has 3 nitrogen and oxygen atoms in total. The number of hydrogen-bond acceptors (Lipinski definition) is 2. The fraction of sp³-hybridized carbons (Fsp3) is 0.929. The van der Waals surface area contributed by atoms with Crippen LogP contribution in [0.3, 0.4) is 0 Å². The highest BCUT2D eigenvalue weighted by Gasteiger charge is 2.24. The number of carbonyl (C=O) groups excluding carboxylic acids is 1. The van der Waals surface area contributed by atoms with Crippen LogP contribution in [0.25, 0.3) is 0 Å². The third kappa shape index (κ3) is 4.30. The van der Waals surface area contributed by atoms with Crippen LogP contribution in [0.5, 0.6) is 0 Å². The summed E-state index contributed by atoms with van der Waals surface area (Å²) in [7, 11) is 1.93. The molecule has 3 heteroatoms. The van der Waals surface area contributed by atoms with Crippen molar-refractivity contribution in [2.45, 2.75) is 65.0 Å². The Balaban J connectivity index is 2.38. The van der Waals surface area contributed by atoms with Gasteiger partial charge in [-0.15, -0.1) is 0 Å². The molecular formula is C14H28N2O. The van der Waals surface area contributed by atoms with Gasteiger partial charge in [0.1, 0.15) is 0 Å². The topological polar surface area (TPSA) is 46.3 Å². The summed E-state index contributed by atoms with van der Waals surface area (Å²) in [6.45, 7) is 6.45. The summed E-state index contributed by atoms with van der Waals surface area (Å²) in [6, 6.07) is 0.696. The molecular weight excluding hydrogens is 212 g/mol. The Morgan fingerprint density at radius 1 is 1.24 bits per heavy atom. The van der Waals surface area contributed by atoms with Crippen LogP contribution < -0.4 is 5.73 Å². The van der Waals surface area contributed by atoms with Crippen LogP contribution in [-0.2, 0) is 4.79 Å². The zero-order chi connectivity index (χ0) is 13.0. The second-order valence-electron chi connectivity index (χ2n) is 5.97. The maximum Gasteiger partial charge on any atom is 0.222 e. The monoisotopic (exact) mass is 240 g/mol. The van der Waals surface area contributed by atoms with E-state index in [0.717, 1.165) is 25.7 Å². The van der Waals surface area contributed by atoms with E-state index in [1.807, 2.05) is 11.9 Å². The van der Waals surface area contributed by atoms with Crippen molar-refractivity contribution in [3.8, 4) is 0 Å². The molecule has 1 atom stereocenters. The molecule has 0 aromatic carbocycles. The lowest BCUT2D eigenvalue weighted by Crippen LogP contribution is -2.39. The lowest BCUT2D eigenvalue weighted by Gasteiger charge is -2.31. The summed E-state index contributed by atoms with van der Waals surface area (Å²) in [5.74, 6) is 1.37. The van der Waals surface area contributed by atoms with Gasteiger partial charge in [0.05, 0.1) is 0 Å². The molecule has 0 aromatic rings. The molecule has 1 rings (SSSR count). The Labute approximate surface area is 106 Å². The molecule has 0 heterocycles. The quantitative estimate of drug-likeness (QED) is 0.820. The van der Waals surface area contributed by atoms with Gasteiger partial charge in [-0.1, -0.05) is 13.8 Å². The number of hydrogen-bond donors (Lipinski definition) is 1. The van der Waals surface area contributed by atoms with Crippen molar-refractivity contribution in [2.24, 2.45) is 17.6 Å². The van der Waals surface area contributed by atoms with Gasteiger partial charge in [-0.05, 0) is 44.4 Å². The lowest BCUT2D eigenvalue weighted by molar-refractivity contribution is -0.133. The molecule has 17 heavy (non-hydrogen) atoms. The normalized spacial score (nSPS) is 26.9. The second kappa shape index (κ2) is 6.39. The van der Waals surface area contributed by atoms with Crippen molar-refractivity contribution in [3.63, 3.8) is 0 Å². The van der Waals surface area contributed by atoms with E-state index in [0.29, 0.717) is 36.2 Å². The molecule has 0 aliphatic heterocycles. The largest absolute Gasteiger partial charge is 0.343 e. The Hall–Kier alpha value is -0.570. The maximum atomic E-state index is 12.1. The number of rotatable bonds is 4. The van der Waals surface area contributed by atoms with E-state index < -0.39 is 0 Å². The first-order chi connectivity index (χ1) is 7.91. The summed E-state index contributed by atoms with van der Waals surface area (Å²) in [6.07, 6.45) is 5.12. The van der Waals surface area contributed by atoms with Gasteiger partial charge in [0.2, 0.25) is 5.91 Å². The minimum absolute atomic E-state index is 0.298. The van der Waals surface area contributed by atoms with Crippen LogP contribution >= 0.6 is 0 Å². The number of nitrogens with zero attached hydrogens (tertiary/aromatic N) is 1. The zero-order valence-electron chi connectivity index (χ0n) is 11.8. The van der Waals surface area contributed by atoms with Gasteiger partial charge in [-0.3, -0.25) is 4.79 Å². The molecule has 0 bridgehead atoms. The average molecular weight is 240 g/mol. The molecule has 2 N–H and O–H groups in total. The van der Waals surface area contributed by atoms with Gasteiger partial charge in [0.25, 0.3) is 0 Å². The van der Waals surface area contributed by atoms with Crippen molar-refractivity contribution in [1.29, 1.82) is 0 Å². The number of nitrogens with two attached hydrogens (primary N) is 1. The van der Waals surface area contributed by atoms with E-state index in [9.17, 15) is 4.79 Å². The first-order valence-corrected chi connectivity index (χ1v) is 6.93. The van der Waals surface area contributed by atoms with Crippen LogP contribution in [-0.4, -0.2) is 29.9 Å². The van der Waals surface area contributed by atoms with E-state index in [-0.39, 0.29) is 0 Å². The molecule has 1 amide bonds. The lowest BCUT2D eigenvalue weighted by atomic mass is 9.84. The first-order valence-electron chi connectivity index (χ1n) is 6.93. The van der Waals surface area contributed by atoms with E-state index in [4.69, 9.17) is 5.73 Å². The summed E-state index contributed by atoms with van der Waals surface area (Å²) in [4.78, 5) is 14.0. The Kier molecular flexibility index (Phi) is 5.44. The van der Waals surface area contributed by atoms with Gasteiger partial charge >= 0.3 is 0 Å². The summed E-state index contributed by atoms with van der Waals surface area (Å²) < 4.78 is 0. The molecule has 100 valence electrons. The first kappa shape index (κ1) is 14.5. The highest BCUT2D eigenvalue weighted by atomic mass is 16.2. The molecule has 0 aromatic heterocycles. The van der Waals surface area contributed by atoms with Crippen LogP contribution in [0.15, 0.2) is 0 Å². The van der Waals surface area contributed by atoms with Crippen LogP contribution in [0.1, 0.15) is 52.9 Å². The third-order valence-electron chi connectivity index (χ3n) is 4.32. The molecule has 1 fully saturated rings. The minimum atomic E-state index is 0.298. The second-order valence-corrected chi connectivity index (χ2v) is 5.97. The van der Waals surface area contributed by atoms with Crippen molar-refractivity contribution in [1.82, 2.24) is 4.90 Å². The van der Waals surface area contributed by atoms with Gasteiger partial charge < -0.3 is 10.6 Å². The van der Waals surface area contributed by atoms with E-state index in [1.165, 1.54) is 0 Å². The minimum Gasteiger partial charge on any atom is -0.343 e. The smallest absolute Gasteiger partial charge is 0.222 e. The van der Waals surface area contributed by atoms with Gasteiger partial charge in [-0.25, -0.2) is 0 Å². The highest BCUT2D eigenvalue weighted by molar-refractivity contribution is 5.76. The van der Waals surface area contributed by atoms with Crippen molar-refractivity contribution < 1.29 is 4.79 Å². The Morgan fingerprint density at radius 3 is 2.24 bits per heavy atom.